The first-order chi connectivity index (χ1) is 12.2. The second-order valence-electron chi connectivity index (χ2n) is 5.65. The van der Waals surface area contributed by atoms with Crippen LogP contribution < -0.4 is 5.32 Å². The lowest BCUT2D eigenvalue weighted by molar-refractivity contribution is -0.115. The molecule has 0 saturated carbocycles. The van der Waals surface area contributed by atoms with E-state index in [9.17, 15) is 4.79 Å². The number of hydrogen-bond donors (Lipinski definition) is 1. The van der Waals surface area contributed by atoms with Crippen molar-refractivity contribution in [3.8, 4) is 0 Å². The molecule has 1 amide bonds. The van der Waals surface area contributed by atoms with Crippen LogP contribution >= 0.6 is 27.7 Å². The van der Waals surface area contributed by atoms with E-state index >= 15 is 0 Å². The fourth-order valence-electron chi connectivity index (χ4n) is 2.41. The van der Waals surface area contributed by atoms with Gasteiger partial charge in [0.05, 0.1) is 6.42 Å². The van der Waals surface area contributed by atoms with Crippen molar-refractivity contribution in [3.63, 3.8) is 0 Å². The Bertz CT molecular complexity index is 834. The largest absolute Gasteiger partial charge is 0.326 e. The molecule has 0 heterocycles. The number of carbonyl (C=O) groups excluding carboxylic acids is 1. The molecule has 4 heteroatoms. The van der Waals surface area contributed by atoms with Crippen LogP contribution in [0.1, 0.15) is 11.1 Å². The van der Waals surface area contributed by atoms with Gasteiger partial charge in [-0.3, -0.25) is 4.79 Å². The number of carbonyl (C=O) groups is 1. The predicted octanol–water partition coefficient (Wildman–Crippen LogP) is 5.92. The Balaban J connectivity index is 1.52. The molecule has 3 rings (SSSR count). The molecule has 0 atom stereocenters. The van der Waals surface area contributed by atoms with Crippen LogP contribution in [0.5, 0.6) is 0 Å². The van der Waals surface area contributed by atoms with Gasteiger partial charge in [0.1, 0.15) is 0 Å². The summed E-state index contributed by atoms with van der Waals surface area (Å²) in [6.07, 6.45) is 0.366. The molecule has 0 bridgehead atoms. The molecule has 3 aromatic rings. The first kappa shape index (κ1) is 17.8. The number of anilines is 1. The van der Waals surface area contributed by atoms with E-state index in [-0.39, 0.29) is 5.91 Å². The van der Waals surface area contributed by atoms with Gasteiger partial charge in [-0.15, -0.1) is 11.8 Å². The molecule has 0 radical (unpaired) electrons. The highest BCUT2D eigenvalue weighted by Crippen LogP contribution is 2.23. The normalized spacial score (nSPS) is 10.4. The topological polar surface area (TPSA) is 29.1 Å². The minimum absolute atomic E-state index is 0.00971. The lowest BCUT2D eigenvalue weighted by Gasteiger charge is -2.07. The van der Waals surface area contributed by atoms with E-state index in [0.717, 1.165) is 21.5 Å². The van der Waals surface area contributed by atoms with E-state index in [0.29, 0.717) is 6.42 Å². The second kappa shape index (κ2) is 8.88. The summed E-state index contributed by atoms with van der Waals surface area (Å²) in [5.41, 5.74) is 3.05. The summed E-state index contributed by atoms with van der Waals surface area (Å²) in [5, 5.41) is 2.95. The van der Waals surface area contributed by atoms with Crippen molar-refractivity contribution < 1.29 is 4.79 Å². The maximum Gasteiger partial charge on any atom is 0.228 e. The Kier molecular flexibility index (Phi) is 6.31. The number of nitrogens with one attached hydrogen (secondary N) is 1. The van der Waals surface area contributed by atoms with Gasteiger partial charge >= 0.3 is 0 Å². The van der Waals surface area contributed by atoms with Crippen LogP contribution in [0.2, 0.25) is 0 Å². The third-order valence-corrected chi connectivity index (χ3v) is 5.22. The average Bonchev–Trinajstić information content (AvgIpc) is 2.62. The highest BCUT2D eigenvalue weighted by molar-refractivity contribution is 9.10. The summed E-state index contributed by atoms with van der Waals surface area (Å²) in [7, 11) is 0. The minimum atomic E-state index is -0.00971. The standard InChI is InChI=1S/C21H18BrNOS/c22-18-6-4-5-17(13-18)14-21(24)23-19-11-9-16(10-12-19)15-25-20-7-2-1-3-8-20/h1-13H,14-15H2,(H,23,24). The average molecular weight is 412 g/mol. The van der Waals surface area contributed by atoms with Crippen LogP contribution in [0, 0.1) is 0 Å². The summed E-state index contributed by atoms with van der Waals surface area (Å²) in [5.74, 6) is 0.903. The van der Waals surface area contributed by atoms with Crippen LogP contribution in [0.25, 0.3) is 0 Å². The Morgan fingerprint density at radius 3 is 2.36 bits per heavy atom. The summed E-state index contributed by atoms with van der Waals surface area (Å²) >= 11 is 5.23. The lowest BCUT2D eigenvalue weighted by atomic mass is 10.1. The van der Waals surface area contributed by atoms with Crippen molar-refractivity contribution in [1.29, 1.82) is 0 Å². The van der Waals surface area contributed by atoms with E-state index in [1.165, 1.54) is 10.5 Å². The van der Waals surface area contributed by atoms with Crippen molar-refractivity contribution >= 4 is 39.3 Å². The third-order valence-electron chi connectivity index (χ3n) is 3.64. The zero-order valence-electron chi connectivity index (χ0n) is 13.6. The van der Waals surface area contributed by atoms with E-state index < -0.39 is 0 Å². The molecule has 3 aromatic carbocycles. The zero-order chi connectivity index (χ0) is 17.5. The summed E-state index contributed by atoms with van der Waals surface area (Å²) in [6.45, 7) is 0. The molecule has 25 heavy (non-hydrogen) atoms. The smallest absolute Gasteiger partial charge is 0.228 e. The first-order valence-corrected chi connectivity index (χ1v) is 9.78. The first-order valence-electron chi connectivity index (χ1n) is 8.00. The zero-order valence-corrected chi connectivity index (χ0v) is 16.0. The molecule has 0 aromatic heterocycles. The summed E-state index contributed by atoms with van der Waals surface area (Å²) in [6, 6.07) is 26.2. The Morgan fingerprint density at radius 2 is 1.64 bits per heavy atom. The fourth-order valence-corrected chi connectivity index (χ4v) is 3.73. The van der Waals surface area contributed by atoms with Crippen LogP contribution in [-0.2, 0) is 17.0 Å². The number of rotatable bonds is 6. The third kappa shape index (κ3) is 5.76. The molecule has 126 valence electrons. The minimum Gasteiger partial charge on any atom is -0.326 e. The van der Waals surface area contributed by atoms with Crippen molar-refractivity contribution in [2.45, 2.75) is 17.1 Å². The molecular weight excluding hydrogens is 394 g/mol. The van der Waals surface area contributed by atoms with Gasteiger partial charge in [0.2, 0.25) is 5.91 Å². The number of hydrogen-bond acceptors (Lipinski definition) is 2. The van der Waals surface area contributed by atoms with Gasteiger partial charge in [-0.2, -0.15) is 0 Å². The molecule has 0 aliphatic carbocycles. The molecule has 0 spiro atoms. The van der Waals surface area contributed by atoms with Gasteiger partial charge < -0.3 is 5.32 Å². The Labute approximate surface area is 160 Å². The monoisotopic (exact) mass is 411 g/mol. The predicted molar refractivity (Wildman–Crippen MR) is 109 cm³/mol. The van der Waals surface area contributed by atoms with E-state index in [1.807, 2.05) is 54.6 Å². The summed E-state index contributed by atoms with van der Waals surface area (Å²) in [4.78, 5) is 13.4. The van der Waals surface area contributed by atoms with Gasteiger partial charge in [0.25, 0.3) is 0 Å². The summed E-state index contributed by atoms with van der Waals surface area (Å²) < 4.78 is 0.984. The van der Waals surface area contributed by atoms with Crippen LogP contribution in [-0.4, -0.2) is 5.91 Å². The van der Waals surface area contributed by atoms with Crippen LogP contribution in [0.3, 0.4) is 0 Å². The quantitative estimate of drug-likeness (QED) is 0.509. The van der Waals surface area contributed by atoms with Gasteiger partial charge in [-0.05, 0) is 47.5 Å². The van der Waals surface area contributed by atoms with Crippen molar-refractivity contribution in [2.24, 2.45) is 0 Å². The molecule has 0 unspecified atom stereocenters. The molecule has 0 fully saturated rings. The highest BCUT2D eigenvalue weighted by atomic mass is 79.9. The molecule has 1 N–H and O–H groups in total. The van der Waals surface area contributed by atoms with Gasteiger partial charge in [0.15, 0.2) is 0 Å². The van der Waals surface area contributed by atoms with Gasteiger partial charge in [-0.25, -0.2) is 0 Å². The Morgan fingerprint density at radius 1 is 0.880 bits per heavy atom. The van der Waals surface area contributed by atoms with Crippen LogP contribution in [0.15, 0.2) is 88.2 Å². The molecule has 0 saturated heterocycles. The maximum absolute atomic E-state index is 12.2. The number of halogens is 1. The van der Waals surface area contributed by atoms with Gasteiger partial charge in [-0.1, -0.05) is 58.4 Å². The maximum atomic E-state index is 12.2. The molecular formula is C21H18BrNOS. The van der Waals surface area contributed by atoms with Gasteiger partial charge in [0, 0.05) is 20.8 Å². The Hall–Kier alpha value is -2.04. The molecule has 0 aliphatic rings. The highest BCUT2D eigenvalue weighted by Gasteiger charge is 2.05. The van der Waals surface area contributed by atoms with Crippen molar-refractivity contribution in [3.05, 3.63) is 94.5 Å². The van der Waals surface area contributed by atoms with E-state index in [2.05, 4.69) is 45.5 Å². The van der Waals surface area contributed by atoms with Crippen LogP contribution in [0.4, 0.5) is 5.69 Å². The SMILES string of the molecule is O=C(Cc1cccc(Br)c1)Nc1ccc(CSc2ccccc2)cc1. The molecule has 0 aliphatic heterocycles. The van der Waals surface area contributed by atoms with Crippen molar-refractivity contribution in [2.75, 3.05) is 5.32 Å². The number of thioether (sulfide) groups is 1. The second-order valence-corrected chi connectivity index (χ2v) is 7.62. The van der Waals surface area contributed by atoms with E-state index in [4.69, 9.17) is 0 Å². The number of amides is 1. The number of benzene rings is 3. The molecule has 2 nitrogen and oxygen atoms in total. The lowest BCUT2D eigenvalue weighted by Crippen LogP contribution is -2.14. The van der Waals surface area contributed by atoms with E-state index in [1.54, 1.807) is 11.8 Å². The fraction of sp³-hybridized carbons (Fsp3) is 0.0952. The van der Waals surface area contributed by atoms with Crippen molar-refractivity contribution in [1.82, 2.24) is 0 Å².